The zero-order chi connectivity index (χ0) is 36.0. The fraction of sp³-hybridized carbons (Fsp3) is 0.676. The predicted octanol–water partition coefficient (Wildman–Crippen LogP) is 4.84. The van der Waals surface area contributed by atoms with Gasteiger partial charge in [-0.2, -0.15) is 9.28 Å². The summed E-state index contributed by atoms with van der Waals surface area (Å²) in [6.45, 7) is 5.41. The van der Waals surface area contributed by atoms with Crippen LogP contribution in [0.3, 0.4) is 0 Å². The Balaban J connectivity index is 1.58. The summed E-state index contributed by atoms with van der Waals surface area (Å²) in [5.74, 6) is -1.67. The number of unbranched alkanes of at least 4 members (excludes halogenated alkanes) is 2. The van der Waals surface area contributed by atoms with E-state index in [1.54, 1.807) is 6.92 Å². The molecule has 14 nitrogen and oxygen atoms in total. The van der Waals surface area contributed by atoms with Crippen LogP contribution < -0.4 is 16.0 Å². The van der Waals surface area contributed by atoms with Gasteiger partial charge in [0.25, 0.3) is 0 Å². The van der Waals surface area contributed by atoms with Gasteiger partial charge in [-0.1, -0.05) is 56.5 Å². The molecule has 0 bridgehead atoms. The molecule has 1 saturated heterocycles. The van der Waals surface area contributed by atoms with Crippen LogP contribution in [-0.2, 0) is 34.8 Å². The summed E-state index contributed by atoms with van der Waals surface area (Å²) >= 11 is 0. The first-order valence-electron chi connectivity index (χ1n) is 17.5. The number of amides is 5. The van der Waals surface area contributed by atoms with E-state index in [9.17, 15) is 38.5 Å². The quantitative estimate of drug-likeness (QED) is 0.0753. The highest BCUT2D eigenvalue weighted by Gasteiger charge is 2.55. The number of likely N-dealkylation sites (tertiary alicyclic amines) is 1. The number of alkyl carbamates (subject to hydrolysis) is 1. The molecule has 0 aromatic heterocycles. The molecule has 2 unspecified atom stereocenters. The number of imide groups is 1. The monoisotopic (exact) mass is 709 g/mol. The van der Waals surface area contributed by atoms with Crippen LogP contribution in [0.25, 0.3) is 0 Å². The van der Waals surface area contributed by atoms with Crippen molar-refractivity contribution in [2.24, 2.45) is 5.92 Å². The molecule has 2 fully saturated rings. The largest absolute Gasteiger partial charge is 0.521 e. The fourth-order valence-electron chi connectivity index (χ4n) is 6.35. The van der Waals surface area contributed by atoms with Crippen LogP contribution >= 0.6 is 7.60 Å². The van der Waals surface area contributed by atoms with Crippen molar-refractivity contribution in [3.63, 3.8) is 0 Å². The van der Waals surface area contributed by atoms with Gasteiger partial charge in [0.15, 0.2) is 6.10 Å². The van der Waals surface area contributed by atoms with Crippen molar-refractivity contribution >= 4 is 37.5 Å². The van der Waals surface area contributed by atoms with Gasteiger partial charge in [-0.25, -0.2) is 9.59 Å². The van der Waals surface area contributed by atoms with Crippen molar-refractivity contribution in [2.75, 3.05) is 19.3 Å². The smallest absolute Gasteiger partial charge is 0.445 e. The normalized spacial score (nSPS) is 22.1. The minimum Gasteiger partial charge on any atom is -0.445 e. The number of benzene rings is 1. The third-order valence-electron chi connectivity index (χ3n) is 9.50. The summed E-state index contributed by atoms with van der Waals surface area (Å²) in [6, 6.07) is 7.08. The van der Waals surface area contributed by atoms with Crippen LogP contribution in [0.15, 0.2) is 30.3 Å². The SMILES string of the molecule is CCCC[C@@H](CP(=O)(O)O[C@@H](C)C(=O)[N+]1(C(=O)O)CCC[C@H]1C)NC(=O)[C@H](CCCCNC(=O)OCc1ccccc1)NC(=O)C1CCC1. The van der Waals surface area contributed by atoms with Gasteiger partial charge >= 0.3 is 25.7 Å². The van der Waals surface area contributed by atoms with E-state index < -0.39 is 66.5 Å². The maximum absolute atomic E-state index is 13.6. The third kappa shape index (κ3) is 11.9. The van der Waals surface area contributed by atoms with E-state index in [1.165, 1.54) is 6.92 Å². The lowest BCUT2D eigenvalue weighted by Gasteiger charge is -2.32. The Hall–Kier alpha value is -3.32. The Morgan fingerprint density at radius 2 is 1.71 bits per heavy atom. The number of nitrogens with one attached hydrogen (secondary N) is 3. The second-order valence-electron chi connectivity index (χ2n) is 13.3. The molecule has 5 amide bonds. The maximum atomic E-state index is 13.6. The number of carbonyl (C=O) groups is 5. The van der Waals surface area contributed by atoms with Crippen LogP contribution in [0.2, 0.25) is 0 Å². The Morgan fingerprint density at radius 1 is 1.00 bits per heavy atom. The molecule has 49 heavy (non-hydrogen) atoms. The van der Waals surface area contributed by atoms with Crippen LogP contribution in [0.1, 0.15) is 97.0 Å². The van der Waals surface area contributed by atoms with E-state index in [0.717, 1.165) is 31.2 Å². The van der Waals surface area contributed by atoms with Crippen LogP contribution in [-0.4, -0.2) is 87.9 Å². The second kappa shape index (κ2) is 19.2. The minimum atomic E-state index is -4.49. The molecule has 1 aliphatic heterocycles. The molecule has 1 saturated carbocycles. The predicted molar refractivity (Wildman–Crippen MR) is 181 cm³/mol. The molecule has 1 heterocycles. The highest BCUT2D eigenvalue weighted by Crippen LogP contribution is 2.45. The molecular weight excluding hydrogens is 655 g/mol. The number of carbonyl (C=O) groups excluding carboxylic acids is 4. The molecule has 1 aromatic rings. The molecule has 1 aromatic carbocycles. The third-order valence-corrected chi connectivity index (χ3v) is 11.1. The number of hydrogen-bond acceptors (Lipinski definition) is 8. The lowest BCUT2D eigenvalue weighted by molar-refractivity contribution is -0.793. The number of quaternary nitrogens is 1. The molecule has 3 rings (SSSR count). The standard InChI is InChI=1S/C34H53N4O10P/c1-4-5-18-28(23-49(45,46)48-25(3)32(41)38(34(43)44)21-12-13-24(38)2)36-31(40)29(37-30(39)27-16-11-17-27)19-9-10-20-35-33(42)47-22-26-14-7-6-8-15-26/h6-8,14-15,24-25,27-29H,4-5,9-13,16-23H2,1-3H3,(H4-,35,36,37,39,40,42,43,44,45,46)/p+1/t24-,25+,28+,29+,38?/m1/s1. The van der Waals surface area contributed by atoms with Gasteiger partial charge in [0.2, 0.25) is 11.8 Å². The Morgan fingerprint density at radius 3 is 2.31 bits per heavy atom. The summed E-state index contributed by atoms with van der Waals surface area (Å²) in [6.07, 6.45) is 2.67. The van der Waals surface area contributed by atoms with Gasteiger partial charge in [0, 0.05) is 31.3 Å². The lowest BCUT2D eigenvalue weighted by Crippen LogP contribution is -2.61. The van der Waals surface area contributed by atoms with E-state index >= 15 is 0 Å². The number of hydrogen-bond donors (Lipinski definition) is 5. The van der Waals surface area contributed by atoms with E-state index in [-0.39, 0.29) is 31.4 Å². The average Bonchev–Trinajstić information content (AvgIpc) is 3.42. The van der Waals surface area contributed by atoms with Crippen molar-refractivity contribution in [3.8, 4) is 0 Å². The van der Waals surface area contributed by atoms with Gasteiger partial charge in [-0.05, 0) is 57.9 Å². The maximum Gasteiger partial charge on any atom is 0.521 e. The summed E-state index contributed by atoms with van der Waals surface area (Å²) in [7, 11) is -4.49. The van der Waals surface area contributed by atoms with Crippen LogP contribution in [0, 0.1) is 5.92 Å². The highest BCUT2D eigenvalue weighted by molar-refractivity contribution is 7.52. The summed E-state index contributed by atoms with van der Waals surface area (Å²) in [5, 5.41) is 18.3. The zero-order valence-electron chi connectivity index (χ0n) is 28.9. The van der Waals surface area contributed by atoms with Crippen LogP contribution in [0.5, 0.6) is 0 Å². The van der Waals surface area contributed by atoms with Crippen molar-refractivity contribution in [2.45, 2.75) is 122 Å². The van der Waals surface area contributed by atoms with Gasteiger partial charge < -0.3 is 30.7 Å². The first-order chi connectivity index (χ1) is 23.3. The fourth-order valence-corrected chi connectivity index (χ4v) is 7.85. The first kappa shape index (κ1) is 40.1. The first-order valence-corrected chi connectivity index (χ1v) is 19.3. The molecule has 0 radical (unpaired) electrons. The Labute approximate surface area is 288 Å². The summed E-state index contributed by atoms with van der Waals surface area (Å²) in [4.78, 5) is 74.8. The second-order valence-corrected chi connectivity index (χ2v) is 15.1. The van der Waals surface area contributed by atoms with Crippen molar-refractivity contribution in [1.29, 1.82) is 0 Å². The van der Waals surface area contributed by atoms with Crippen molar-refractivity contribution in [3.05, 3.63) is 35.9 Å². The Bertz CT molecular complexity index is 1330. The van der Waals surface area contributed by atoms with Crippen LogP contribution in [0.4, 0.5) is 9.59 Å². The number of carboxylic acid groups (broad SMARTS) is 1. The topological polar surface area (TPSA) is 197 Å². The number of rotatable bonds is 19. The van der Waals surface area contributed by atoms with E-state index in [4.69, 9.17) is 9.26 Å². The van der Waals surface area contributed by atoms with Gasteiger partial charge in [0.1, 0.15) is 18.7 Å². The molecule has 1 aliphatic carbocycles. The van der Waals surface area contributed by atoms with E-state index in [2.05, 4.69) is 16.0 Å². The summed E-state index contributed by atoms with van der Waals surface area (Å²) < 4.78 is 23.1. The lowest BCUT2D eigenvalue weighted by atomic mass is 9.84. The minimum absolute atomic E-state index is 0.0797. The van der Waals surface area contributed by atoms with Crippen molar-refractivity contribution in [1.82, 2.24) is 16.0 Å². The number of ether oxygens (including phenoxy) is 1. The van der Waals surface area contributed by atoms with Gasteiger partial charge in [0.05, 0.1) is 12.7 Å². The Kier molecular flexibility index (Phi) is 15.7. The van der Waals surface area contributed by atoms with E-state index in [1.807, 2.05) is 37.3 Å². The molecule has 6 atom stereocenters. The zero-order valence-corrected chi connectivity index (χ0v) is 29.8. The van der Waals surface area contributed by atoms with Gasteiger partial charge in [-0.15, -0.1) is 0 Å². The summed E-state index contributed by atoms with van der Waals surface area (Å²) in [5.41, 5.74) is 0.864. The molecule has 5 N–H and O–H groups in total. The molecule has 15 heteroatoms. The van der Waals surface area contributed by atoms with Crippen molar-refractivity contribution < 1.29 is 52.3 Å². The number of nitrogens with zero attached hydrogens (tertiary/aromatic N) is 1. The van der Waals surface area contributed by atoms with Gasteiger partial charge in [-0.3, -0.25) is 18.7 Å². The highest BCUT2D eigenvalue weighted by atomic mass is 31.2. The molecular formula is C34H54N4O10P+. The molecule has 274 valence electrons. The molecule has 0 spiro atoms. The average molecular weight is 710 g/mol. The molecule has 2 aliphatic rings. The van der Waals surface area contributed by atoms with E-state index in [0.29, 0.717) is 45.1 Å².